The summed E-state index contributed by atoms with van der Waals surface area (Å²) in [7, 11) is 0. The predicted octanol–water partition coefficient (Wildman–Crippen LogP) is 4.47. The molecule has 2 heterocycles. The van der Waals surface area contributed by atoms with E-state index in [-0.39, 0.29) is 28.1 Å². The van der Waals surface area contributed by atoms with E-state index in [9.17, 15) is 13.9 Å². The summed E-state index contributed by atoms with van der Waals surface area (Å²) in [4.78, 5) is 4.35. The second kappa shape index (κ2) is 5.45. The van der Waals surface area contributed by atoms with Gasteiger partial charge in [0.1, 0.15) is 17.3 Å². The number of fused-ring (bicyclic) bond motifs is 1. The molecule has 0 saturated heterocycles. The smallest absolute Gasteiger partial charge is 0.219 e. The SMILES string of the molecule is Cc1nc2cc(-c3c(F)cc(Cl)cc3F)nn2c(O)c1C(C)C. The zero-order valence-electron chi connectivity index (χ0n) is 12.7. The molecule has 0 aliphatic carbocycles. The lowest BCUT2D eigenvalue weighted by molar-refractivity contribution is 0.423. The van der Waals surface area contributed by atoms with Gasteiger partial charge in [0.2, 0.25) is 5.88 Å². The Bertz CT molecular complexity index is 898. The molecule has 7 heteroatoms. The number of aromatic hydroxyl groups is 1. The number of hydrogen-bond donors (Lipinski definition) is 1. The van der Waals surface area contributed by atoms with Crippen molar-refractivity contribution >= 4 is 17.2 Å². The Morgan fingerprint density at radius 3 is 2.35 bits per heavy atom. The van der Waals surface area contributed by atoms with E-state index >= 15 is 0 Å². The molecule has 0 fully saturated rings. The molecule has 0 aliphatic rings. The lowest BCUT2D eigenvalue weighted by atomic mass is 10.0. The third kappa shape index (κ3) is 2.53. The maximum Gasteiger partial charge on any atom is 0.219 e. The second-order valence-electron chi connectivity index (χ2n) is 5.63. The van der Waals surface area contributed by atoms with Crippen molar-refractivity contribution in [2.24, 2.45) is 0 Å². The third-order valence-corrected chi connectivity index (χ3v) is 3.86. The van der Waals surface area contributed by atoms with Crippen LogP contribution in [0.4, 0.5) is 8.78 Å². The normalized spacial score (nSPS) is 11.6. The van der Waals surface area contributed by atoms with Gasteiger partial charge in [0, 0.05) is 22.3 Å². The first-order valence-electron chi connectivity index (χ1n) is 7.03. The van der Waals surface area contributed by atoms with Gasteiger partial charge in [-0.1, -0.05) is 25.4 Å². The highest BCUT2D eigenvalue weighted by Crippen LogP contribution is 2.32. The lowest BCUT2D eigenvalue weighted by Gasteiger charge is -2.11. The average molecular weight is 338 g/mol. The van der Waals surface area contributed by atoms with E-state index in [1.807, 2.05) is 13.8 Å². The van der Waals surface area contributed by atoms with Crippen molar-refractivity contribution < 1.29 is 13.9 Å². The Balaban J connectivity index is 2.28. The fraction of sp³-hybridized carbons (Fsp3) is 0.250. The van der Waals surface area contributed by atoms with Crippen molar-refractivity contribution in [2.75, 3.05) is 0 Å². The number of aromatic nitrogens is 3. The summed E-state index contributed by atoms with van der Waals surface area (Å²) in [6.45, 7) is 5.60. The molecular weight excluding hydrogens is 324 g/mol. The average Bonchev–Trinajstić information content (AvgIpc) is 2.80. The van der Waals surface area contributed by atoms with E-state index in [2.05, 4.69) is 10.1 Å². The summed E-state index contributed by atoms with van der Waals surface area (Å²) in [6.07, 6.45) is 0. The fourth-order valence-corrected chi connectivity index (χ4v) is 2.89. The van der Waals surface area contributed by atoms with Crippen molar-refractivity contribution in [3.05, 3.63) is 46.1 Å². The Labute approximate surface area is 136 Å². The van der Waals surface area contributed by atoms with Crippen LogP contribution in [0.15, 0.2) is 18.2 Å². The van der Waals surface area contributed by atoms with Crippen molar-refractivity contribution in [3.63, 3.8) is 0 Å². The molecule has 0 spiro atoms. The van der Waals surface area contributed by atoms with Crippen LogP contribution < -0.4 is 0 Å². The van der Waals surface area contributed by atoms with Crippen LogP contribution >= 0.6 is 11.6 Å². The van der Waals surface area contributed by atoms with Crippen molar-refractivity contribution in [2.45, 2.75) is 26.7 Å². The molecule has 0 amide bonds. The highest BCUT2D eigenvalue weighted by Gasteiger charge is 2.20. The van der Waals surface area contributed by atoms with E-state index in [0.717, 1.165) is 12.1 Å². The van der Waals surface area contributed by atoms with Gasteiger partial charge in [0.15, 0.2) is 5.65 Å². The first-order chi connectivity index (χ1) is 10.8. The van der Waals surface area contributed by atoms with Crippen molar-refractivity contribution in [1.82, 2.24) is 14.6 Å². The second-order valence-corrected chi connectivity index (χ2v) is 6.07. The molecule has 0 unspecified atom stereocenters. The number of aryl methyl sites for hydroxylation is 1. The highest BCUT2D eigenvalue weighted by molar-refractivity contribution is 6.30. The van der Waals surface area contributed by atoms with Crippen LogP contribution in [0.5, 0.6) is 5.88 Å². The van der Waals surface area contributed by atoms with Crippen LogP contribution in [0, 0.1) is 18.6 Å². The number of benzene rings is 1. The van der Waals surface area contributed by atoms with Crippen LogP contribution in [0.25, 0.3) is 16.9 Å². The highest BCUT2D eigenvalue weighted by atomic mass is 35.5. The summed E-state index contributed by atoms with van der Waals surface area (Å²) >= 11 is 5.63. The number of hydrogen-bond acceptors (Lipinski definition) is 3. The van der Waals surface area contributed by atoms with Crippen LogP contribution in [0.2, 0.25) is 5.02 Å². The van der Waals surface area contributed by atoms with Gasteiger partial charge in [-0.3, -0.25) is 0 Å². The molecule has 0 radical (unpaired) electrons. The van der Waals surface area contributed by atoms with Crippen LogP contribution in [-0.4, -0.2) is 19.7 Å². The van der Waals surface area contributed by atoms with Crippen molar-refractivity contribution in [3.8, 4) is 17.1 Å². The van der Waals surface area contributed by atoms with E-state index in [1.54, 1.807) is 6.92 Å². The quantitative estimate of drug-likeness (QED) is 0.750. The molecule has 1 N–H and O–H groups in total. The standard InChI is InChI=1S/C16H14ClF2N3O/c1-7(2)14-8(3)20-13-6-12(21-22(13)16(14)23)15-10(18)4-9(17)5-11(15)19/h4-7,23H,1-3H3. The summed E-state index contributed by atoms with van der Waals surface area (Å²) in [5.74, 6) is -1.69. The molecule has 0 saturated carbocycles. The van der Waals surface area contributed by atoms with Gasteiger partial charge >= 0.3 is 0 Å². The molecule has 0 bridgehead atoms. The van der Waals surface area contributed by atoms with Gasteiger partial charge in [-0.15, -0.1) is 0 Å². The monoisotopic (exact) mass is 337 g/mol. The van der Waals surface area contributed by atoms with E-state index in [0.29, 0.717) is 16.9 Å². The minimum atomic E-state index is -0.821. The van der Waals surface area contributed by atoms with E-state index < -0.39 is 11.6 Å². The van der Waals surface area contributed by atoms with Gasteiger partial charge in [0.05, 0.1) is 5.56 Å². The fourth-order valence-electron chi connectivity index (χ4n) is 2.70. The summed E-state index contributed by atoms with van der Waals surface area (Å²) < 4.78 is 29.3. The first kappa shape index (κ1) is 15.7. The molecule has 0 aliphatic heterocycles. The van der Waals surface area contributed by atoms with E-state index in [4.69, 9.17) is 11.6 Å². The molecule has 3 rings (SSSR count). The van der Waals surface area contributed by atoms with Crippen LogP contribution in [-0.2, 0) is 0 Å². The number of halogens is 3. The first-order valence-corrected chi connectivity index (χ1v) is 7.41. The van der Waals surface area contributed by atoms with Crippen molar-refractivity contribution in [1.29, 1.82) is 0 Å². The minimum absolute atomic E-state index is 0.0311. The van der Waals surface area contributed by atoms with E-state index in [1.165, 1.54) is 10.6 Å². The topological polar surface area (TPSA) is 50.4 Å². The largest absolute Gasteiger partial charge is 0.493 e. The van der Waals surface area contributed by atoms with Gasteiger partial charge in [-0.25, -0.2) is 13.8 Å². The van der Waals surface area contributed by atoms with Gasteiger partial charge in [-0.2, -0.15) is 9.61 Å². The molecular formula is C16H14ClF2N3O. The minimum Gasteiger partial charge on any atom is -0.493 e. The molecule has 0 atom stereocenters. The summed E-state index contributed by atoms with van der Waals surface area (Å²) in [5, 5.41) is 14.5. The third-order valence-electron chi connectivity index (χ3n) is 3.64. The molecule has 23 heavy (non-hydrogen) atoms. The van der Waals surface area contributed by atoms with Gasteiger partial charge in [0.25, 0.3) is 0 Å². The predicted molar refractivity (Wildman–Crippen MR) is 83.8 cm³/mol. The Morgan fingerprint density at radius 1 is 1.17 bits per heavy atom. The number of rotatable bonds is 2. The molecule has 2 aromatic heterocycles. The zero-order valence-corrected chi connectivity index (χ0v) is 13.5. The van der Waals surface area contributed by atoms with Gasteiger partial charge in [-0.05, 0) is 25.0 Å². The maximum atomic E-state index is 14.1. The van der Waals surface area contributed by atoms with Crippen LogP contribution in [0.1, 0.15) is 31.0 Å². The Morgan fingerprint density at radius 2 is 1.78 bits per heavy atom. The Hall–Kier alpha value is -2.21. The molecule has 120 valence electrons. The maximum absolute atomic E-state index is 14.1. The Kier molecular flexibility index (Phi) is 3.72. The molecule has 4 nitrogen and oxygen atoms in total. The summed E-state index contributed by atoms with van der Waals surface area (Å²) in [5.41, 5.74) is 1.34. The lowest BCUT2D eigenvalue weighted by Crippen LogP contribution is -2.02. The molecule has 3 aromatic rings. The summed E-state index contributed by atoms with van der Waals surface area (Å²) in [6, 6.07) is 3.45. The molecule has 1 aromatic carbocycles. The number of nitrogens with zero attached hydrogens (tertiary/aromatic N) is 3. The zero-order chi connectivity index (χ0) is 16.9. The van der Waals surface area contributed by atoms with Gasteiger partial charge < -0.3 is 5.11 Å². The van der Waals surface area contributed by atoms with Crippen LogP contribution in [0.3, 0.4) is 0 Å².